The van der Waals surface area contributed by atoms with Gasteiger partial charge in [0.05, 0.1) is 60.5 Å². The summed E-state index contributed by atoms with van der Waals surface area (Å²) in [4.78, 5) is 31.0. The predicted molar refractivity (Wildman–Crippen MR) is 188 cm³/mol. The van der Waals surface area contributed by atoms with Crippen molar-refractivity contribution >= 4 is 29.2 Å². The summed E-state index contributed by atoms with van der Waals surface area (Å²) in [5, 5.41) is 10.9. The Bertz CT molecular complexity index is 1900. The number of carbonyl (C=O) groups is 1. The van der Waals surface area contributed by atoms with Gasteiger partial charge in [-0.1, -0.05) is 59.6 Å². The highest BCUT2D eigenvalue weighted by atomic mass is 35.5. The molecule has 12 heteroatoms. The SMILES string of the molecule is CCOC(=O)C1CN(C2CCc3cc(-c4cccc(-c5cccc(-c6cnc(CN7CC(O)C7C)c(OC)n6)c5Cl)c4Cl)nc(OC)c32)C1. The number of ether oxygens (including phenoxy) is 3. The molecule has 2 aromatic carbocycles. The van der Waals surface area contributed by atoms with Gasteiger partial charge >= 0.3 is 5.97 Å². The molecule has 0 spiro atoms. The maximum atomic E-state index is 12.2. The zero-order valence-electron chi connectivity index (χ0n) is 28.0. The molecule has 10 nitrogen and oxygen atoms in total. The Labute approximate surface area is 296 Å². The van der Waals surface area contributed by atoms with E-state index in [1.807, 2.05) is 50.2 Å². The van der Waals surface area contributed by atoms with Crippen molar-refractivity contribution in [3.8, 4) is 45.4 Å². The zero-order valence-corrected chi connectivity index (χ0v) is 29.5. The molecule has 4 heterocycles. The van der Waals surface area contributed by atoms with Crippen LogP contribution in [0.5, 0.6) is 11.8 Å². The number of esters is 1. The van der Waals surface area contributed by atoms with Crippen LogP contribution in [-0.4, -0.2) is 88.4 Å². The molecule has 1 N–H and O–H groups in total. The van der Waals surface area contributed by atoms with Crippen molar-refractivity contribution in [1.29, 1.82) is 0 Å². The van der Waals surface area contributed by atoms with E-state index in [1.165, 1.54) is 5.56 Å². The average molecular weight is 705 g/mol. The highest BCUT2D eigenvalue weighted by molar-refractivity contribution is 6.39. The summed E-state index contributed by atoms with van der Waals surface area (Å²) in [6, 6.07) is 13.9. The van der Waals surface area contributed by atoms with Crippen LogP contribution in [0.2, 0.25) is 10.0 Å². The van der Waals surface area contributed by atoms with E-state index in [1.54, 1.807) is 20.4 Å². The number of aliphatic hydroxyl groups is 1. The number of pyridine rings is 1. The molecule has 0 radical (unpaired) electrons. The number of hydrogen-bond acceptors (Lipinski definition) is 10. The number of rotatable bonds is 10. The molecule has 0 saturated carbocycles. The lowest BCUT2D eigenvalue weighted by atomic mass is 9.95. The Kier molecular flexibility index (Phi) is 9.51. The Morgan fingerprint density at radius 1 is 0.939 bits per heavy atom. The second-order valence-electron chi connectivity index (χ2n) is 12.8. The first kappa shape index (κ1) is 33.7. The van der Waals surface area contributed by atoms with Crippen LogP contribution in [0.25, 0.3) is 33.6 Å². The standard InChI is InChI=1S/C37H39Cl2N5O5/c1-5-49-37(46)22-16-44(17-22)30-13-12-21-14-27(41-36(48-4)32(21)30)25-10-6-8-23(33(25)38)24-9-7-11-26(34(24)39)28-15-40-29(35(42-28)47-3)18-43-19-31(45)20(43)2/h6-11,14-15,20,22,30-31,45H,5,12-13,16-19H2,1-4H3. The van der Waals surface area contributed by atoms with E-state index >= 15 is 0 Å². The third-order valence-electron chi connectivity index (χ3n) is 10.0. The molecule has 0 bridgehead atoms. The maximum absolute atomic E-state index is 12.2. The number of aryl methyl sites for hydroxylation is 1. The van der Waals surface area contributed by atoms with Gasteiger partial charge in [-0.15, -0.1) is 0 Å². The van der Waals surface area contributed by atoms with E-state index in [-0.39, 0.29) is 30.1 Å². The van der Waals surface area contributed by atoms with Crippen LogP contribution in [0.4, 0.5) is 0 Å². The lowest BCUT2D eigenvalue weighted by Gasteiger charge is -2.43. The summed E-state index contributed by atoms with van der Waals surface area (Å²) in [5.74, 6) is 0.779. The van der Waals surface area contributed by atoms with Gasteiger partial charge in [-0.05, 0) is 38.3 Å². The molecule has 2 saturated heterocycles. The van der Waals surface area contributed by atoms with Gasteiger partial charge in [-0.25, -0.2) is 9.97 Å². The van der Waals surface area contributed by atoms with Gasteiger partial charge in [-0.2, -0.15) is 0 Å². The third-order valence-corrected chi connectivity index (χ3v) is 10.9. The van der Waals surface area contributed by atoms with Crippen LogP contribution in [0.1, 0.15) is 43.1 Å². The molecule has 3 unspecified atom stereocenters. The molecule has 7 rings (SSSR count). The van der Waals surface area contributed by atoms with Crippen LogP contribution in [0, 0.1) is 5.92 Å². The van der Waals surface area contributed by atoms with E-state index < -0.39 is 0 Å². The minimum atomic E-state index is -0.332. The molecule has 0 amide bonds. The number of aromatic nitrogens is 3. The molecule has 2 aromatic heterocycles. The molecule has 1 aliphatic carbocycles. The monoisotopic (exact) mass is 703 g/mol. The number of methoxy groups -OCH3 is 2. The van der Waals surface area contributed by atoms with E-state index in [2.05, 4.69) is 20.9 Å². The van der Waals surface area contributed by atoms with Crippen molar-refractivity contribution < 1.29 is 24.1 Å². The maximum Gasteiger partial charge on any atom is 0.311 e. The number of halogens is 2. The molecule has 3 atom stereocenters. The van der Waals surface area contributed by atoms with Crippen molar-refractivity contribution in [2.45, 2.75) is 51.4 Å². The summed E-state index contributed by atoms with van der Waals surface area (Å²) >= 11 is 14.3. The quantitative estimate of drug-likeness (QED) is 0.191. The fraction of sp³-hybridized carbons (Fsp3) is 0.405. The van der Waals surface area contributed by atoms with E-state index in [9.17, 15) is 9.90 Å². The van der Waals surface area contributed by atoms with Gasteiger partial charge < -0.3 is 19.3 Å². The summed E-state index contributed by atoms with van der Waals surface area (Å²) in [5.41, 5.74) is 7.23. The third kappa shape index (κ3) is 6.14. The largest absolute Gasteiger partial charge is 0.481 e. The number of carbonyl (C=O) groups excluding carboxylic acids is 1. The van der Waals surface area contributed by atoms with Crippen LogP contribution >= 0.6 is 23.2 Å². The lowest BCUT2D eigenvalue weighted by Crippen LogP contribution is -2.57. The molecule has 256 valence electrons. The summed E-state index contributed by atoms with van der Waals surface area (Å²) in [6.45, 7) is 6.68. The molecule has 2 fully saturated rings. The predicted octanol–water partition coefficient (Wildman–Crippen LogP) is 6.24. The number of hydrogen-bond donors (Lipinski definition) is 1. The van der Waals surface area contributed by atoms with Gasteiger partial charge in [0.15, 0.2) is 0 Å². The highest BCUT2D eigenvalue weighted by Crippen LogP contribution is 2.47. The molecule has 3 aliphatic rings. The molecular weight excluding hydrogens is 665 g/mol. The van der Waals surface area contributed by atoms with E-state index in [0.29, 0.717) is 71.5 Å². The fourth-order valence-electron chi connectivity index (χ4n) is 7.16. The number of nitrogens with zero attached hydrogens (tertiary/aromatic N) is 5. The number of aliphatic hydroxyl groups excluding tert-OH is 1. The van der Waals surface area contributed by atoms with Crippen molar-refractivity contribution in [1.82, 2.24) is 24.8 Å². The minimum Gasteiger partial charge on any atom is -0.481 e. The first-order valence-electron chi connectivity index (χ1n) is 16.6. The Morgan fingerprint density at radius 2 is 1.57 bits per heavy atom. The van der Waals surface area contributed by atoms with Gasteiger partial charge in [0.2, 0.25) is 11.8 Å². The zero-order chi connectivity index (χ0) is 34.4. The minimum absolute atomic E-state index is 0.0559. The topological polar surface area (TPSA) is 110 Å². The Morgan fingerprint density at radius 3 is 2.18 bits per heavy atom. The summed E-state index contributed by atoms with van der Waals surface area (Å²) in [7, 11) is 3.21. The van der Waals surface area contributed by atoms with Crippen molar-refractivity contribution in [3.05, 3.63) is 75.5 Å². The molecule has 4 aromatic rings. The van der Waals surface area contributed by atoms with Crippen molar-refractivity contribution in [2.75, 3.05) is 40.5 Å². The first-order chi connectivity index (χ1) is 23.7. The smallest absolute Gasteiger partial charge is 0.311 e. The molecule has 49 heavy (non-hydrogen) atoms. The first-order valence-corrected chi connectivity index (χ1v) is 17.4. The number of β-amino-alcohol motifs (C(OH)–C–C–N with tert-alkyl or cyclic N) is 1. The summed E-state index contributed by atoms with van der Waals surface area (Å²) < 4.78 is 16.7. The normalized spacial score (nSPS) is 20.8. The molecular formula is C37H39Cl2N5O5. The second kappa shape index (κ2) is 13.8. The van der Waals surface area contributed by atoms with Crippen LogP contribution in [-0.2, 0) is 22.5 Å². The Balaban J connectivity index is 1.17. The van der Waals surface area contributed by atoms with Crippen LogP contribution < -0.4 is 9.47 Å². The average Bonchev–Trinajstić information content (AvgIpc) is 3.51. The lowest BCUT2D eigenvalue weighted by molar-refractivity contribution is -0.155. The van der Waals surface area contributed by atoms with Gasteiger partial charge in [0.1, 0.15) is 5.69 Å². The number of benzene rings is 2. The van der Waals surface area contributed by atoms with Gasteiger partial charge in [0.25, 0.3) is 0 Å². The fourth-order valence-corrected chi connectivity index (χ4v) is 7.81. The van der Waals surface area contributed by atoms with Crippen molar-refractivity contribution in [3.63, 3.8) is 0 Å². The van der Waals surface area contributed by atoms with Gasteiger partial charge in [0, 0.05) is 66.1 Å². The van der Waals surface area contributed by atoms with Crippen LogP contribution in [0.3, 0.4) is 0 Å². The molecule has 2 aliphatic heterocycles. The van der Waals surface area contributed by atoms with E-state index in [0.717, 1.165) is 40.8 Å². The van der Waals surface area contributed by atoms with E-state index in [4.69, 9.17) is 47.4 Å². The Hall–Kier alpha value is -3.80. The number of fused-ring (bicyclic) bond motifs is 1. The summed E-state index contributed by atoms with van der Waals surface area (Å²) in [6.07, 6.45) is 3.17. The highest BCUT2D eigenvalue weighted by Gasteiger charge is 2.42. The van der Waals surface area contributed by atoms with Crippen LogP contribution in [0.15, 0.2) is 48.7 Å². The van der Waals surface area contributed by atoms with Crippen molar-refractivity contribution in [2.24, 2.45) is 5.92 Å². The second-order valence-corrected chi connectivity index (χ2v) is 13.6. The number of likely N-dealkylation sites (tertiary alicyclic amines) is 2. The van der Waals surface area contributed by atoms with Gasteiger partial charge in [-0.3, -0.25) is 19.6 Å².